The van der Waals surface area contributed by atoms with E-state index in [9.17, 15) is 0 Å². The van der Waals surface area contributed by atoms with Crippen LogP contribution in [0, 0.1) is 0 Å². The van der Waals surface area contributed by atoms with Gasteiger partial charge in [-0.3, -0.25) is 0 Å². The number of aromatic hydroxyl groups is 1. The van der Waals surface area contributed by atoms with Gasteiger partial charge in [-0.1, -0.05) is 17.7 Å². The van der Waals surface area contributed by atoms with Crippen molar-refractivity contribution in [2.75, 3.05) is 0 Å². The van der Waals surface area contributed by atoms with Crippen LogP contribution in [0.5, 0.6) is 5.75 Å². The predicted molar refractivity (Wildman–Crippen MR) is 40.8 cm³/mol. The fourth-order valence-electron chi connectivity index (χ4n) is 0.489. The van der Waals surface area contributed by atoms with Crippen LogP contribution in [0.25, 0.3) is 0 Å². The molecule has 0 spiro atoms. The number of hydrogen-bond donors (Lipinski definition) is 1. The van der Waals surface area contributed by atoms with E-state index >= 15 is 0 Å². The van der Waals surface area contributed by atoms with E-state index < -0.39 is 0 Å². The molecule has 0 aromatic heterocycles. The van der Waals surface area contributed by atoms with Crippen molar-refractivity contribution in [3.63, 3.8) is 0 Å². The van der Waals surface area contributed by atoms with Crippen molar-refractivity contribution in [1.29, 1.82) is 0 Å². The summed E-state index contributed by atoms with van der Waals surface area (Å²) < 4.78 is 0.620. The summed E-state index contributed by atoms with van der Waals surface area (Å²) >= 11 is 8.65. The van der Waals surface area contributed by atoms with Gasteiger partial charge in [-0.2, -0.15) is 0 Å². The predicted octanol–water partition coefficient (Wildman–Crippen LogP) is 2.81. The minimum Gasteiger partial charge on any atom is -0.505 e. The first-order chi connectivity index (χ1) is 4.22. The molecule has 1 rings (SSSR count). The monoisotopic (exact) mass is 206 g/mol. The van der Waals surface area contributed by atoms with Crippen LogP contribution in [0.1, 0.15) is 0 Å². The SMILES string of the molecule is Oc1c(Cl)cccc1Br. The Bertz CT molecular complexity index is 204. The van der Waals surface area contributed by atoms with Crippen LogP contribution < -0.4 is 0 Å². The molecule has 0 aliphatic carbocycles. The lowest BCUT2D eigenvalue weighted by Gasteiger charge is -1.95. The average molecular weight is 207 g/mol. The average Bonchev–Trinajstić information content (AvgIpc) is 1.83. The fourth-order valence-corrected chi connectivity index (χ4v) is 1.14. The van der Waals surface area contributed by atoms with Crippen molar-refractivity contribution in [3.05, 3.63) is 27.7 Å². The molecule has 0 fully saturated rings. The summed E-state index contributed by atoms with van der Waals surface area (Å²) in [6, 6.07) is 5.11. The maximum atomic E-state index is 9.03. The second-order valence-electron chi connectivity index (χ2n) is 1.57. The third kappa shape index (κ3) is 1.37. The summed E-state index contributed by atoms with van der Waals surface area (Å²) in [5, 5.41) is 9.39. The second kappa shape index (κ2) is 2.58. The van der Waals surface area contributed by atoms with Gasteiger partial charge < -0.3 is 5.11 Å². The first-order valence-corrected chi connectivity index (χ1v) is 3.52. The molecule has 1 N–H and O–H groups in total. The van der Waals surface area contributed by atoms with Crippen LogP contribution in [0.2, 0.25) is 5.02 Å². The van der Waals surface area contributed by atoms with Gasteiger partial charge in [0.1, 0.15) is 5.75 Å². The smallest absolute Gasteiger partial charge is 0.148 e. The summed E-state index contributed by atoms with van der Waals surface area (Å²) in [7, 11) is 0. The van der Waals surface area contributed by atoms with E-state index in [-0.39, 0.29) is 5.75 Å². The first-order valence-electron chi connectivity index (χ1n) is 2.35. The lowest BCUT2D eigenvalue weighted by Crippen LogP contribution is -1.68. The van der Waals surface area contributed by atoms with E-state index in [1.54, 1.807) is 18.2 Å². The molecule has 0 unspecified atom stereocenters. The Hall–Kier alpha value is -0.210. The number of hydrogen-bond acceptors (Lipinski definition) is 1. The van der Waals surface area contributed by atoms with Crippen molar-refractivity contribution in [1.82, 2.24) is 0 Å². The molecule has 0 saturated carbocycles. The van der Waals surface area contributed by atoms with Crippen LogP contribution in [-0.2, 0) is 0 Å². The molecule has 0 bridgehead atoms. The van der Waals surface area contributed by atoms with Crippen molar-refractivity contribution in [2.24, 2.45) is 0 Å². The first kappa shape index (κ1) is 6.90. The fraction of sp³-hybridized carbons (Fsp3) is 0. The molecule has 3 heteroatoms. The normalized spacial score (nSPS) is 9.56. The standard InChI is InChI=1S/C6H4BrClO/c7-4-2-1-3-5(8)6(4)9/h1-3,9H. The van der Waals surface area contributed by atoms with Gasteiger partial charge in [0.15, 0.2) is 0 Å². The number of phenolic OH excluding ortho intramolecular Hbond substituents is 1. The van der Waals surface area contributed by atoms with Gasteiger partial charge in [0.05, 0.1) is 9.50 Å². The van der Waals surface area contributed by atoms with Crippen molar-refractivity contribution in [2.45, 2.75) is 0 Å². The molecule has 1 nitrogen and oxygen atoms in total. The number of para-hydroxylation sites is 1. The van der Waals surface area contributed by atoms with Crippen LogP contribution in [0.3, 0.4) is 0 Å². The molecule has 0 radical (unpaired) electrons. The van der Waals surface area contributed by atoms with Crippen LogP contribution >= 0.6 is 27.5 Å². The van der Waals surface area contributed by atoms with Gasteiger partial charge in [-0.05, 0) is 28.1 Å². The highest BCUT2D eigenvalue weighted by Gasteiger charge is 1.99. The quantitative estimate of drug-likeness (QED) is 0.694. The van der Waals surface area contributed by atoms with Gasteiger partial charge >= 0.3 is 0 Å². The van der Waals surface area contributed by atoms with Gasteiger partial charge in [-0.25, -0.2) is 0 Å². The molecule has 0 amide bonds. The maximum Gasteiger partial charge on any atom is 0.148 e. The Morgan fingerprint density at radius 3 is 2.56 bits per heavy atom. The highest BCUT2D eigenvalue weighted by atomic mass is 79.9. The largest absolute Gasteiger partial charge is 0.505 e. The summed E-state index contributed by atoms with van der Waals surface area (Å²) in [6.07, 6.45) is 0. The number of rotatable bonds is 0. The maximum absolute atomic E-state index is 9.03. The van der Waals surface area contributed by atoms with Gasteiger partial charge in [0, 0.05) is 0 Å². The molecule has 48 valence electrons. The molecule has 1 aromatic rings. The molecule has 0 saturated heterocycles. The van der Waals surface area contributed by atoms with E-state index in [1.807, 2.05) is 0 Å². The van der Waals surface area contributed by atoms with E-state index in [4.69, 9.17) is 16.7 Å². The van der Waals surface area contributed by atoms with Gasteiger partial charge in [0.25, 0.3) is 0 Å². The third-order valence-corrected chi connectivity index (χ3v) is 1.88. The zero-order valence-electron chi connectivity index (χ0n) is 4.44. The molecule has 0 heterocycles. The van der Waals surface area contributed by atoms with E-state index in [0.29, 0.717) is 9.50 Å². The van der Waals surface area contributed by atoms with Crippen molar-refractivity contribution in [3.8, 4) is 5.75 Å². The lowest BCUT2D eigenvalue weighted by atomic mass is 10.3. The second-order valence-corrected chi connectivity index (χ2v) is 2.83. The molecular formula is C6H4BrClO. The molecular weight excluding hydrogens is 203 g/mol. The number of benzene rings is 1. The summed E-state index contributed by atoms with van der Waals surface area (Å²) in [6.45, 7) is 0. The van der Waals surface area contributed by atoms with Crippen molar-refractivity contribution < 1.29 is 5.11 Å². The molecule has 0 aliphatic heterocycles. The Labute approximate surface area is 66.4 Å². The highest BCUT2D eigenvalue weighted by molar-refractivity contribution is 9.10. The lowest BCUT2D eigenvalue weighted by molar-refractivity contribution is 0.472. The third-order valence-electron chi connectivity index (χ3n) is 0.938. The number of halogens is 2. The Morgan fingerprint density at radius 1 is 1.44 bits per heavy atom. The zero-order chi connectivity index (χ0) is 6.85. The minimum atomic E-state index is 0.0965. The van der Waals surface area contributed by atoms with E-state index in [1.165, 1.54) is 0 Å². The molecule has 0 aliphatic rings. The van der Waals surface area contributed by atoms with Crippen molar-refractivity contribution >= 4 is 27.5 Å². The summed E-state index contributed by atoms with van der Waals surface area (Å²) in [4.78, 5) is 0. The minimum absolute atomic E-state index is 0.0965. The van der Waals surface area contributed by atoms with E-state index in [0.717, 1.165) is 0 Å². The van der Waals surface area contributed by atoms with E-state index in [2.05, 4.69) is 15.9 Å². The summed E-state index contributed by atoms with van der Waals surface area (Å²) in [5.74, 6) is 0.0965. The highest BCUT2D eigenvalue weighted by Crippen LogP contribution is 2.30. The molecule has 1 aromatic carbocycles. The Morgan fingerprint density at radius 2 is 2.11 bits per heavy atom. The summed E-state index contributed by atoms with van der Waals surface area (Å²) in [5.41, 5.74) is 0. The number of phenols is 1. The van der Waals surface area contributed by atoms with Gasteiger partial charge in [0.2, 0.25) is 0 Å². The van der Waals surface area contributed by atoms with Crippen LogP contribution in [0.4, 0.5) is 0 Å². The Balaban J connectivity index is 3.25. The zero-order valence-corrected chi connectivity index (χ0v) is 6.78. The molecule has 0 atom stereocenters. The Kier molecular flexibility index (Phi) is 1.98. The topological polar surface area (TPSA) is 20.2 Å². The van der Waals surface area contributed by atoms with Gasteiger partial charge in [-0.15, -0.1) is 0 Å². The van der Waals surface area contributed by atoms with Crippen LogP contribution in [-0.4, -0.2) is 5.11 Å². The van der Waals surface area contributed by atoms with Crippen LogP contribution in [0.15, 0.2) is 22.7 Å². The molecule has 9 heavy (non-hydrogen) atoms.